The number of carboxylic acids is 1. The fourth-order valence-electron chi connectivity index (χ4n) is 4.42. The lowest BCUT2D eigenvalue weighted by molar-refractivity contribution is -0.142. The number of ether oxygens (including phenoxy) is 1. The minimum atomic E-state index is -1.19. The molecular formula is C30H30N2O5. The molecule has 0 bridgehead atoms. The minimum Gasteiger partial charge on any atom is -0.480 e. The molecule has 0 saturated heterocycles. The summed E-state index contributed by atoms with van der Waals surface area (Å²) in [6.45, 7) is 3.61. The lowest BCUT2D eigenvalue weighted by atomic mass is 9.92. The van der Waals surface area contributed by atoms with Crippen molar-refractivity contribution < 1.29 is 24.2 Å². The zero-order chi connectivity index (χ0) is 26.4. The molecule has 0 spiro atoms. The predicted octanol–water partition coefficient (Wildman–Crippen LogP) is 5.06. The minimum absolute atomic E-state index is 0.0605. The highest BCUT2D eigenvalue weighted by Crippen LogP contribution is 2.29. The van der Waals surface area contributed by atoms with Gasteiger partial charge in [0, 0.05) is 6.42 Å². The predicted molar refractivity (Wildman–Crippen MR) is 143 cm³/mol. The highest BCUT2D eigenvalue weighted by molar-refractivity contribution is 6.02. The first kappa shape index (κ1) is 25.7. The summed E-state index contributed by atoms with van der Waals surface area (Å²) in [6.07, 6.45) is -0.656. The third-order valence-electron chi connectivity index (χ3n) is 6.34. The van der Waals surface area contributed by atoms with E-state index in [1.54, 1.807) is 13.8 Å². The molecule has 2 amide bonds. The van der Waals surface area contributed by atoms with E-state index in [1.807, 2.05) is 78.9 Å². The van der Waals surface area contributed by atoms with Crippen molar-refractivity contribution >= 4 is 39.5 Å². The van der Waals surface area contributed by atoms with Gasteiger partial charge >= 0.3 is 12.1 Å². The zero-order valence-corrected chi connectivity index (χ0v) is 20.8. The van der Waals surface area contributed by atoms with Crippen LogP contribution in [0.1, 0.15) is 25.0 Å². The number of amides is 2. The smallest absolute Gasteiger partial charge is 0.408 e. The Morgan fingerprint density at radius 2 is 1.38 bits per heavy atom. The Kier molecular flexibility index (Phi) is 8.03. The maximum Gasteiger partial charge on any atom is 0.408 e. The zero-order valence-electron chi connectivity index (χ0n) is 20.8. The monoisotopic (exact) mass is 498 g/mol. The number of nitrogens with one attached hydrogen (secondary N) is 2. The van der Waals surface area contributed by atoms with E-state index < -0.39 is 30.1 Å². The average Bonchev–Trinajstić information content (AvgIpc) is 2.90. The number of fused-ring (bicyclic) bond motifs is 2. The first-order chi connectivity index (χ1) is 17.8. The van der Waals surface area contributed by atoms with Crippen molar-refractivity contribution in [1.82, 2.24) is 10.6 Å². The number of hydrogen-bond donors (Lipinski definition) is 3. The molecule has 3 N–H and O–H groups in total. The van der Waals surface area contributed by atoms with E-state index in [4.69, 9.17) is 4.74 Å². The van der Waals surface area contributed by atoms with Gasteiger partial charge in [-0.2, -0.15) is 0 Å². The van der Waals surface area contributed by atoms with E-state index in [0.717, 1.165) is 32.7 Å². The number of alkyl carbamates (subject to hydrolysis) is 1. The highest BCUT2D eigenvalue weighted by Gasteiger charge is 2.30. The first-order valence-electron chi connectivity index (χ1n) is 12.2. The maximum absolute atomic E-state index is 13.2. The summed E-state index contributed by atoms with van der Waals surface area (Å²) in [7, 11) is 0. The van der Waals surface area contributed by atoms with Crippen LogP contribution in [0.15, 0.2) is 84.9 Å². The summed E-state index contributed by atoms with van der Waals surface area (Å²) in [6, 6.07) is 24.7. The Labute approximate surface area is 215 Å². The number of rotatable bonds is 9. The van der Waals surface area contributed by atoms with Crippen LogP contribution in [0.3, 0.4) is 0 Å². The average molecular weight is 499 g/mol. The summed E-state index contributed by atoms with van der Waals surface area (Å²) in [5.41, 5.74) is 1.66. The molecule has 4 aromatic rings. The summed E-state index contributed by atoms with van der Waals surface area (Å²) >= 11 is 0. The van der Waals surface area contributed by atoms with Crippen LogP contribution in [0.2, 0.25) is 0 Å². The Morgan fingerprint density at radius 3 is 1.95 bits per heavy atom. The standard InChI is InChI=1S/C30H30N2O5/c1-19(2)27(32-30(36)37-18-20-10-4-3-5-11-20)28(33)31-26(29(34)35)17-25-23-14-8-6-12-21(23)16-22-13-7-9-15-24(22)25/h3-16,19,26-27H,17-18H2,1-2H3,(H,31,33)(H,32,36)(H,34,35)/t26-,27-/m0/s1. The van der Waals surface area contributed by atoms with E-state index in [0.29, 0.717) is 0 Å². The van der Waals surface area contributed by atoms with E-state index in [-0.39, 0.29) is 18.9 Å². The summed E-state index contributed by atoms with van der Waals surface area (Å²) in [4.78, 5) is 37.9. The largest absolute Gasteiger partial charge is 0.480 e. The third-order valence-corrected chi connectivity index (χ3v) is 6.34. The molecule has 0 unspecified atom stereocenters. The summed E-state index contributed by atoms with van der Waals surface area (Å²) < 4.78 is 5.26. The van der Waals surface area contributed by atoms with Crippen LogP contribution in [-0.4, -0.2) is 35.2 Å². The molecule has 0 aliphatic rings. The normalized spacial score (nSPS) is 12.7. The molecule has 0 radical (unpaired) electrons. The first-order valence-corrected chi connectivity index (χ1v) is 12.2. The lowest BCUT2D eigenvalue weighted by Gasteiger charge is -2.24. The van der Waals surface area contributed by atoms with Gasteiger partial charge in [-0.05, 0) is 44.7 Å². The molecule has 7 nitrogen and oxygen atoms in total. The second-order valence-corrected chi connectivity index (χ2v) is 9.33. The molecule has 0 heterocycles. The van der Waals surface area contributed by atoms with Crippen LogP contribution in [0.5, 0.6) is 0 Å². The van der Waals surface area contributed by atoms with Gasteiger partial charge in [-0.3, -0.25) is 4.79 Å². The summed E-state index contributed by atoms with van der Waals surface area (Å²) in [5.74, 6) is -2.03. The third kappa shape index (κ3) is 6.25. The van der Waals surface area contributed by atoms with Crippen molar-refractivity contribution in [2.24, 2.45) is 5.92 Å². The van der Waals surface area contributed by atoms with Crippen LogP contribution in [0.4, 0.5) is 4.79 Å². The number of carbonyl (C=O) groups excluding carboxylic acids is 2. The second-order valence-electron chi connectivity index (χ2n) is 9.33. The summed E-state index contributed by atoms with van der Waals surface area (Å²) in [5, 5.41) is 19.1. The van der Waals surface area contributed by atoms with Crippen LogP contribution in [0.25, 0.3) is 21.5 Å². The van der Waals surface area contributed by atoms with Crippen LogP contribution in [0, 0.1) is 5.92 Å². The van der Waals surface area contributed by atoms with Crippen LogP contribution < -0.4 is 10.6 Å². The molecule has 0 aliphatic carbocycles. The van der Waals surface area contributed by atoms with E-state index >= 15 is 0 Å². The van der Waals surface area contributed by atoms with Gasteiger partial charge in [-0.25, -0.2) is 9.59 Å². The Hall–Kier alpha value is -4.39. The van der Waals surface area contributed by atoms with Crippen molar-refractivity contribution in [2.75, 3.05) is 0 Å². The Bertz CT molecular complexity index is 1360. The highest BCUT2D eigenvalue weighted by atomic mass is 16.5. The maximum atomic E-state index is 13.2. The van der Waals surface area contributed by atoms with Gasteiger partial charge in [0.15, 0.2) is 0 Å². The molecule has 37 heavy (non-hydrogen) atoms. The number of benzene rings is 4. The van der Waals surface area contributed by atoms with E-state index in [9.17, 15) is 19.5 Å². The van der Waals surface area contributed by atoms with Crippen molar-refractivity contribution in [3.8, 4) is 0 Å². The van der Waals surface area contributed by atoms with Gasteiger partial charge in [-0.15, -0.1) is 0 Å². The molecule has 2 atom stereocenters. The molecule has 4 rings (SSSR count). The van der Waals surface area contributed by atoms with E-state index in [2.05, 4.69) is 16.7 Å². The SMILES string of the molecule is CC(C)[C@H](NC(=O)OCc1ccccc1)C(=O)N[C@@H](Cc1c2ccccc2cc2ccccc12)C(=O)O. The van der Waals surface area contributed by atoms with Crippen molar-refractivity contribution in [2.45, 2.75) is 39.0 Å². The fourth-order valence-corrected chi connectivity index (χ4v) is 4.42. The van der Waals surface area contributed by atoms with Gasteiger partial charge in [0.05, 0.1) is 0 Å². The lowest BCUT2D eigenvalue weighted by Crippen LogP contribution is -2.54. The van der Waals surface area contributed by atoms with Gasteiger partial charge in [0.25, 0.3) is 0 Å². The topological polar surface area (TPSA) is 105 Å². The molecule has 0 saturated carbocycles. The molecule has 0 aromatic heterocycles. The number of carbonyl (C=O) groups is 3. The molecule has 7 heteroatoms. The van der Waals surface area contributed by atoms with Crippen molar-refractivity contribution in [3.63, 3.8) is 0 Å². The van der Waals surface area contributed by atoms with Crippen LogP contribution >= 0.6 is 0 Å². The number of aliphatic carboxylic acids is 1. The Balaban J connectivity index is 1.52. The van der Waals surface area contributed by atoms with Crippen molar-refractivity contribution in [3.05, 3.63) is 96.1 Å². The number of hydrogen-bond acceptors (Lipinski definition) is 4. The second kappa shape index (κ2) is 11.6. The molecule has 190 valence electrons. The van der Waals surface area contributed by atoms with Gasteiger partial charge in [-0.1, -0.05) is 92.7 Å². The fraction of sp³-hybridized carbons (Fsp3) is 0.233. The van der Waals surface area contributed by atoms with Gasteiger partial charge < -0.3 is 20.5 Å². The van der Waals surface area contributed by atoms with Gasteiger partial charge in [0.1, 0.15) is 18.7 Å². The van der Waals surface area contributed by atoms with E-state index in [1.165, 1.54) is 0 Å². The molecular weight excluding hydrogens is 468 g/mol. The Morgan fingerprint density at radius 1 is 0.811 bits per heavy atom. The van der Waals surface area contributed by atoms with Crippen LogP contribution in [-0.2, 0) is 27.4 Å². The quantitative estimate of drug-likeness (QED) is 0.280. The molecule has 4 aromatic carbocycles. The van der Waals surface area contributed by atoms with Crippen molar-refractivity contribution in [1.29, 1.82) is 0 Å². The molecule has 0 aliphatic heterocycles. The number of carboxylic acid groups (broad SMARTS) is 1. The van der Waals surface area contributed by atoms with Gasteiger partial charge in [0.2, 0.25) is 5.91 Å². The molecule has 0 fully saturated rings.